The molecule has 0 unspecified atom stereocenters. The lowest BCUT2D eigenvalue weighted by atomic mass is 10.0. The van der Waals surface area contributed by atoms with Gasteiger partial charge in [-0.05, 0) is 33.2 Å². The molecule has 0 amide bonds. The minimum Gasteiger partial charge on any atom is -0.363 e. The predicted molar refractivity (Wildman–Crippen MR) is 106 cm³/mol. The highest BCUT2D eigenvalue weighted by atomic mass is 32.2. The quantitative estimate of drug-likeness (QED) is 0.771. The number of piperidine rings is 1. The molecule has 3 rings (SSSR count). The van der Waals surface area contributed by atoms with Gasteiger partial charge in [-0.2, -0.15) is 4.31 Å². The van der Waals surface area contributed by atoms with Gasteiger partial charge in [-0.15, -0.1) is 0 Å². The molecule has 1 aliphatic heterocycles. The van der Waals surface area contributed by atoms with Gasteiger partial charge < -0.3 is 14.7 Å². The summed E-state index contributed by atoms with van der Waals surface area (Å²) in [4.78, 5) is 11.4. The number of aryl methyl sites for hydroxylation is 2. The molecule has 28 heavy (non-hydrogen) atoms. The molecule has 2 aromatic rings. The van der Waals surface area contributed by atoms with Gasteiger partial charge >= 0.3 is 0 Å². The Bertz CT molecular complexity index is 915. The molecule has 0 bridgehead atoms. The highest BCUT2D eigenvalue weighted by Crippen LogP contribution is 2.25. The molecule has 3 heterocycles. The highest BCUT2D eigenvalue weighted by molar-refractivity contribution is 7.89. The molecule has 0 spiro atoms. The topological polar surface area (TPSA) is 104 Å². The molecule has 0 aromatic carbocycles. The molecule has 1 atom stereocenters. The zero-order valence-corrected chi connectivity index (χ0v) is 17.9. The molecular formula is C18H28N6O3S. The number of sulfonamides is 1. The van der Waals surface area contributed by atoms with Crippen LogP contribution in [0.5, 0.6) is 0 Å². The Morgan fingerprint density at radius 3 is 2.54 bits per heavy atom. The molecule has 0 radical (unpaired) electrons. The minimum absolute atomic E-state index is 0.0943. The average molecular weight is 409 g/mol. The van der Waals surface area contributed by atoms with Crippen molar-refractivity contribution in [2.24, 2.45) is 0 Å². The van der Waals surface area contributed by atoms with Crippen LogP contribution in [0.15, 0.2) is 15.5 Å². The molecule has 1 N–H and O–H groups in total. The van der Waals surface area contributed by atoms with Gasteiger partial charge in [-0.3, -0.25) is 0 Å². The molecule has 2 aromatic heterocycles. The molecule has 9 nitrogen and oxygen atoms in total. The number of rotatable bonds is 6. The van der Waals surface area contributed by atoms with E-state index in [-0.39, 0.29) is 23.2 Å². The second kappa shape index (κ2) is 8.14. The molecule has 1 saturated heterocycles. The summed E-state index contributed by atoms with van der Waals surface area (Å²) < 4.78 is 32.3. The lowest BCUT2D eigenvalue weighted by Gasteiger charge is -2.24. The maximum Gasteiger partial charge on any atom is 0.248 e. The van der Waals surface area contributed by atoms with Gasteiger partial charge in [0.1, 0.15) is 22.2 Å². The van der Waals surface area contributed by atoms with Crippen molar-refractivity contribution in [1.82, 2.24) is 24.7 Å². The first-order valence-electron chi connectivity index (χ1n) is 9.38. The fourth-order valence-electron chi connectivity index (χ4n) is 3.35. The third-order valence-corrected chi connectivity index (χ3v) is 6.93. The smallest absolute Gasteiger partial charge is 0.248 e. The fraction of sp³-hybridized carbons (Fsp3) is 0.611. The number of anilines is 1. The first-order valence-corrected chi connectivity index (χ1v) is 10.8. The van der Waals surface area contributed by atoms with Crippen LogP contribution >= 0.6 is 0 Å². The van der Waals surface area contributed by atoms with Crippen LogP contribution in [-0.2, 0) is 16.6 Å². The van der Waals surface area contributed by atoms with Gasteiger partial charge in [0.2, 0.25) is 10.0 Å². The monoisotopic (exact) mass is 408 g/mol. The van der Waals surface area contributed by atoms with Crippen LogP contribution in [-0.4, -0.2) is 55.5 Å². The van der Waals surface area contributed by atoms with Crippen molar-refractivity contribution < 1.29 is 12.9 Å². The molecule has 10 heteroatoms. The minimum atomic E-state index is -3.74. The number of hydrogen-bond donors (Lipinski definition) is 1. The van der Waals surface area contributed by atoms with Crippen molar-refractivity contribution in [3.8, 4) is 0 Å². The van der Waals surface area contributed by atoms with Crippen molar-refractivity contribution in [1.29, 1.82) is 0 Å². The van der Waals surface area contributed by atoms with Crippen molar-refractivity contribution in [2.75, 3.05) is 32.6 Å². The summed E-state index contributed by atoms with van der Waals surface area (Å²) >= 11 is 0. The Morgan fingerprint density at radius 1 is 1.21 bits per heavy atom. The van der Waals surface area contributed by atoms with Gasteiger partial charge in [0.05, 0.1) is 18.3 Å². The molecular weight excluding hydrogens is 380 g/mol. The van der Waals surface area contributed by atoms with E-state index in [4.69, 9.17) is 4.52 Å². The van der Waals surface area contributed by atoms with Crippen molar-refractivity contribution in [3.05, 3.63) is 29.0 Å². The Kier molecular flexibility index (Phi) is 6.01. The van der Waals surface area contributed by atoms with Crippen molar-refractivity contribution in [3.63, 3.8) is 0 Å². The average Bonchev–Trinajstić information content (AvgIpc) is 3.01. The third kappa shape index (κ3) is 4.18. The zero-order chi connectivity index (χ0) is 20.5. The number of aromatic nitrogens is 3. The van der Waals surface area contributed by atoms with E-state index in [1.54, 1.807) is 13.8 Å². The molecule has 1 aliphatic rings. The summed E-state index contributed by atoms with van der Waals surface area (Å²) in [7, 11) is 1.62. The molecule has 1 fully saturated rings. The summed E-state index contributed by atoms with van der Waals surface area (Å²) in [5.74, 6) is 1.76. The van der Waals surface area contributed by atoms with Crippen LogP contribution < -0.4 is 10.2 Å². The normalized spacial score (nSPS) is 17.9. The fourth-order valence-corrected chi connectivity index (χ4v) is 4.78. The summed E-state index contributed by atoms with van der Waals surface area (Å²) in [6.07, 6.45) is 3.25. The highest BCUT2D eigenvalue weighted by Gasteiger charge is 2.29. The van der Waals surface area contributed by atoms with E-state index < -0.39 is 10.0 Å². The maximum absolute atomic E-state index is 13.0. The Morgan fingerprint density at radius 2 is 1.96 bits per heavy atom. The Hall–Kier alpha value is -2.04. The molecule has 154 valence electrons. The Labute approximate surface area is 166 Å². The van der Waals surface area contributed by atoms with E-state index in [1.807, 2.05) is 25.1 Å². The number of nitrogens with one attached hydrogen (secondary N) is 1. The van der Waals surface area contributed by atoms with E-state index in [0.717, 1.165) is 31.6 Å². The molecule has 0 saturated carbocycles. The summed E-state index contributed by atoms with van der Waals surface area (Å²) in [5, 5.41) is 7.22. The summed E-state index contributed by atoms with van der Waals surface area (Å²) in [5.41, 5.74) is 1.01. The van der Waals surface area contributed by atoms with E-state index in [9.17, 15) is 8.42 Å². The van der Waals surface area contributed by atoms with Crippen LogP contribution in [0.2, 0.25) is 0 Å². The first kappa shape index (κ1) is 20.7. The third-order valence-electron chi connectivity index (χ3n) is 4.88. The van der Waals surface area contributed by atoms with Crippen LogP contribution in [0.1, 0.15) is 48.3 Å². The van der Waals surface area contributed by atoms with Crippen LogP contribution in [0.25, 0.3) is 0 Å². The van der Waals surface area contributed by atoms with Gasteiger partial charge in [0.15, 0.2) is 5.76 Å². The first-order chi connectivity index (χ1) is 13.2. The second-order valence-corrected chi connectivity index (χ2v) is 9.37. The largest absolute Gasteiger partial charge is 0.363 e. The lowest BCUT2D eigenvalue weighted by Crippen LogP contribution is -2.31. The predicted octanol–water partition coefficient (Wildman–Crippen LogP) is 1.78. The van der Waals surface area contributed by atoms with Crippen LogP contribution in [0, 0.1) is 13.8 Å². The standard InChI is InChI=1S/C18H28N6O3S/c1-12-17(13(2)27-22-12)28(25,26)24(5)11-14-10-16(23(3)4)21-18(20-14)15-8-6-7-9-19-15/h10,15,19H,6-9,11H2,1-5H3/t15-/m1/s1. The zero-order valence-electron chi connectivity index (χ0n) is 17.1. The lowest BCUT2D eigenvalue weighted by molar-refractivity contribution is 0.389. The van der Waals surface area contributed by atoms with Crippen LogP contribution in [0.4, 0.5) is 5.82 Å². The summed E-state index contributed by atoms with van der Waals surface area (Å²) in [6.45, 7) is 4.30. The Balaban J connectivity index is 1.91. The number of hydrogen-bond acceptors (Lipinski definition) is 8. The van der Waals surface area contributed by atoms with Crippen LogP contribution in [0.3, 0.4) is 0 Å². The van der Waals surface area contributed by atoms with Gasteiger partial charge in [-0.1, -0.05) is 11.6 Å². The molecule has 0 aliphatic carbocycles. The van der Waals surface area contributed by atoms with Gasteiger partial charge in [0, 0.05) is 27.2 Å². The van der Waals surface area contributed by atoms with E-state index in [1.165, 1.54) is 11.4 Å². The van der Waals surface area contributed by atoms with Gasteiger partial charge in [0.25, 0.3) is 0 Å². The maximum atomic E-state index is 13.0. The SMILES string of the molecule is Cc1noc(C)c1S(=O)(=O)N(C)Cc1cc(N(C)C)nc([C@H]2CCCCN2)n1. The van der Waals surface area contributed by atoms with E-state index in [0.29, 0.717) is 17.2 Å². The van der Waals surface area contributed by atoms with Crippen molar-refractivity contribution in [2.45, 2.75) is 50.6 Å². The second-order valence-electron chi connectivity index (χ2n) is 7.39. The van der Waals surface area contributed by atoms with Gasteiger partial charge in [-0.25, -0.2) is 18.4 Å². The summed E-state index contributed by atoms with van der Waals surface area (Å²) in [6, 6.07) is 1.92. The number of nitrogens with zero attached hydrogens (tertiary/aromatic N) is 5. The van der Waals surface area contributed by atoms with E-state index in [2.05, 4.69) is 20.4 Å². The van der Waals surface area contributed by atoms with E-state index >= 15 is 0 Å². The van der Waals surface area contributed by atoms with Crippen molar-refractivity contribution >= 4 is 15.8 Å².